The molecular weight excluding hydrogens is 308 g/mol. The quantitative estimate of drug-likeness (QED) is 0.865. The van der Waals surface area contributed by atoms with Gasteiger partial charge in [0, 0.05) is 25.7 Å². The summed E-state index contributed by atoms with van der Waals surface area (Å²) >= 11 is 0. The largest absolute Gasteiger partial charge is 0.497 e. The van der Waals surface area contributed by atoms with Gasteiger partial charge in [0.1, 0.15) is 5.75 Å². The van der Waals surface area contributed by atoms with Crippen LogP contribution in [-0.4, -0.2) is 55.2 Å². The maximum Gasteiger partial charge on any atom is 0.295 e. The Bertz CT molecular complexity index is 618. The van der Waals surface area contributed by atoms with E-state index in [1.54, 1.807) is 20.2 Å². The Morgan fingerprint density at radius 1 is 1.45 bits per heavy atom. The summed E-state index contributed by atoms with van der Waals surface area (Å²) < 4.78 is 10.3. The van der Waals surface area contributed by atoms with Crippen LogP contribution in [0.4, 0.5) is 0 Å². The number of benzene rings is 1. The maximum atomic E-state index is 12.1. The van der Waals surface area contributed by atoms with Crippen LogP contribution in [-0.2, 0) is 0 Å². The third-order valence-corrected chi connectivity index (χ3v) is 2.98. The normalized spacial score (nSPS) is 9.95. The molecule has 0 aliphatic carbocycles. The van der Waals surface area contributed by atoms with E-state index in [1.165, 1.54) is 4.90 Å². The third kappa shape index (κ3) is 4.19. The Morgan fingerprint density at radius 2 is 2.23 bits per heavy atom. The lowest BCUT2D eigenvalue weighted by Crippen LogP contribution is -2.33. The van der Waals surface area contributed by atoms with Gasteiger partial charge < -0.3 is 19.5 Å². The van der Waals surface area contributed by atoms with E-state index in [0.717, 1.165) is 0 Å². The van der Waals surface area contributed by atoms with Crippen LogP contribution in [0.2, 0.25) is 0 Å². The van der Waals surface area contributed by atoms with E-state index >= 15 is 0 Å². The average Bonchev–Trinajstić information content (AvgIpc) is 3.01. The van der Waals surface area contributed by atoms with Crippen LogP contribution in [0, 0.1) is 0 Å². The molecule has 7 nitrogen and oxygen atoms in total. The lowest BCUT2D eigenvalue weighted by atomic mass is 10.2. The summed E-state index contributed by atoms with van der Waals surface area (Å²) in [7, 11) is 5.10. The van der Waals surface area contributed by atoms with Crippen molar-refractivity contribution in [1.82, 2.24) is 20.4 Å². The molecule has 0 fully saturated rings. The van der Waals surface area contributed by atoms with E-state index in [0.29, 0.717) is 30.3 Å². The molecule has 8 heteroatoms. The van der Waals surface area contributed by atoms with Crippen molar-refractivity contribution in [2.75, 3.05) is 34.3 Å². The summed E-state index contributed by atoms with van der Waals surface area (Å²) in [6.45, 7) is 1.27. The molecule has 1 N–H and O–H groups in total. The minimum atomic E-state index is -0.275. The van der Waals surface area contributed by atoms with Crippen molar-refractivity contribution in [3.8, 4) is 17.2 Å². The number of carbonyl (C=O) groups excluding carboxylic acids is 1. The van der Waals surface area contributed by atoms with E-state index in [4.69, 9.17) is 9.26 Å². The summed E-state index contributed by atoms with van der Waals surface area (Å²) in [4.78, 5) is 17.8. The van der Waals surface area contributed by atoms with Gasteiger partial charge in [-0.15, -0.1) is 12.4 Å². The van der Waals surface area contributed by atoms with Crippen LogP contribution in [0.1, 0.15) is 10.6 Å². The molecule has 0 aliphatic heterocycles. The molecule has 22 heavy (non-hydrogen) atoms. The Kier molecular flexibility index (Phi) is 6.81. The summed E-state index contributed by atoms with van der Waals surface area (Å²) in [5, 5.41) is 6.72. The number of likely N-dealkylation sites (N-methyl/N-ethyl adjacent to an activating group) is 2. The minimum Gasteiger partial charge on any atom is -0.497 e. The van der Waals surface area contributed by atoms with Crippen molar-refractivity contribution in [2.24, 2.45) is 0 Å². The van der Waals surface area contributed by atoms with E-state index in [-0.39, 0.29) is 24.1 Å². The van der Waals surface area contributed by atoms with Gasteiger partial charge >= 0.3 is 0 Å². The fourth-order valence-electron chi connectivity index (χ4n) is 1.74. The van der Waals surface area contributed by atoms with Gasteiger partial charge in [-0.2, -0.15) is 4.98 Å². The van der Waals surface area contributed by atoms with Gasteiger partial charge in [0.05, 0.1) is 7.11 Å². The lowest BCUT2D eigenvalue weighted by molar-refractivity contribution is 0.0781. The number of ether oxygens (including phenoxy) is 1. The van der Waals surface area contributed by atoms with Crippen molar-refractivity contribution in [2.45, 2.75) is 0 Å². The SMILES string of the molecule is CNCCN(C)C(=O)c1noc(-c2cccc(OC)c2)n1.Cl. The highest BCUT2D eigenvalue weighted by Gasteiger charge is 2.19. The zero-order valence-corrected chi connectivity index (χ0v) is 13.5. The van der Waals surface area contributed by atoms with Gasteiger partial charge in [0.15, 0.2) is 0 Å². The first kappa shape index (κ1) is 17.9. The zero-order chi connectivity index (χ0) is 15.2. The molecule has 120 valence electrons. The molecule has 0 radical (unpaired) electrons. The van der Waals surface area contributed by atoms with Gasteiger partial charge in [-0.3, -0.25) is 4.79 Å². The predicted molar refractivity (Wildman–Crippen MR) is 84.4 cm³/mol. The van der Waals surface area contributed by atoms with E-state index in [2.05, 4.69) is 15.5 Å². The van der Waals surface area contributed by atoms with Crippen molar-refractivity contribution >= 4 is 18.3 Å². The first-order valence-corrected chi connectivity index (χ1v) is 6.54. The van der Waals surface area contributed by atoms with Gasteiger partial charge in [-0.1, -0.05) is 11.2 Å². The second-order valence-corrected chi connectivity index (χ2v) is 4.49. The summed E-state index contributed by atoms with van der Waals surface area (Å²) in [5.74, 6) is 0.749. The van der Waals surface area contributed by atoms with Crippen molar-refractivity contribution in [3.05, 3.63) is 30.1 Å². The molecular formula is C14H19ClN4O3. The van der Waals surface area contributed by atoms with Crippen molar-refractivity contribution < 1.29 is 14.1 Å². The molecule has 2 rings (SSSR count). The van der Waals surface area contributed by atoms with Gasteiger partial charge in [-0.05, 0) is 25.2 Å². The van der Waals surface area contributed by atoms with Crippen molar-refractivity contribution in [1.29, 1.82) is 0 Å². The Morgan fingerprint density at radius 3 is 2.91 bits per heavy atom. The van der Waals surface area contributed by atoms with Crippen LogP contribution >= 0.6 is 12.4 Å². The molecule has 1 aromatic heterocycles. The first-order valence-electron chi connectivity index (χ1n) is 6.54. The number of rotatable bonds is 6. The molecule has 1 amide bonds. The highest BCUT2D eigenvalue weighted by atomic mass is 35.5. The molecule has 2 aromatic rings. The van der Waals surface area contributed by atoms with E-state index in [9.17, 15) is 4.79 Å². The van der Waals surface area contributed by atoms with Crippen LogP contribution in [0.5, 0.6) is 5.75 Å². The van der Waals surface area contributed by atoms with Crippen LogP contribution in [0.25, 0.3) is 11.5 Å². The van der Waals surface area contributed by atoms with Gasteiger partial charge in [0.2, 0.25) is 0 Å². The third-order valence-electron chi connectivity index (χ3n) is 2.98. The topological polar surface area (TPSA) is 80.5 Å². The molecule has 0 aliphatic rings. The number of carbonyl (C=O) groups is 1. The van der Waals surface area contributed by atoms with E-state index in [1.807, 2.05) is 25.2 Å². The number of halogens is 1. The molecule has 0 bridgehead atoms. The summed E-state index contributed by atoms with van der Waals surface area (Å²) in [6.07, 6.45) is 0. The standard InChI is InChI=1S/C14H18N4O3.ClH/c1-15-7-8-18(2)14(19)12-16-13(21-17-12)10-5-4-6-11(9-10)20-3;/h4-6,9,15H,7-8H2,1-3H3;1H. The van der Waals surface area contributed by atoms with E-state index < -0.39 is 0 Å². The average molecular weight is 327 g/mol. The molecule has 0 unspecified atom stereocenters. The minimum absolute atomic E-state index is 0. The zero-order valence-electron chi connectivity index (χ0n) is 12.7. The Hall–Kier alpha value is -2.12. The van der Waals surface area contributed by atoms with Gasteiger partial charge in [0.25, 0.3) is 17.6 Å². The predicted octanol–water partition coefficient (Wildman–Crippen LogP) is 1.46. The highest BCUT2D eigenvalue weighted by molar-refractivity contribution is 5.90. The molecule has 0 spiro atoms. The molecule has 1 aromatic carbocycles. The van der Waals surface area contributed by atoms with Crippen LogP contribution in [0.3, 0.4) is 0 Å². The maximum absolute atomic E-state index is 12.1. The fourth-order valence-corrected chi connectivity index (χ4v) is 1.74. The number of hydrogen-bond acceptors (Lipinski definition) is 6. The lowest BCUT2D eigenvalue weighted by Gasteiger charge is -2.13. The molecule has 0 saturated carbocycles. The number of hydrogen-bond donors (Lipinski definition) is 1. The Labute approximate surface area is 135 Å². The molecule has 0 saturated heterocycles. The number of aromatic nitrogens is 2. The second kappa shape index (κ2) is 8.35. The summed E-state index contributed by atoms with van der Waals surface area (Å²) in [5.41, 5.74) is 0.707. The summed E-state index contributed by atoms with van der Waals surface area (Å²) in [6, 6.07) is 7.22. The van der Waals surface area contributed by atoms with Crippen LogP contribution < -0.4 is 10.1 Å². The number of nitrogens with zero attached hydrogens (tertiary/aromatic N) is 3. The van der Waals surface area contributed by atoms with Crippen LogP contribution in [0.15, 0.2) is 28.8 Å². The first-order chi connectivity index (χ1) is 10.2. The van der Waals surface area contributed by atoms with Gasteiger partial charge in [-0.25, -0.2) is 0 Å². The second-order valence-electron chi connectivity index (χ2n) is 4.49. The smallest absolute Gasteiger partial charge is 0.295 e. The molecule has 0 atom stereocenters. The Balaban J connectivity index is 0.00000242. The highest BCUT2D eigenvalue weighted by Crippen LogP contribution is 2.22. The monoisotopic (exact) mass is 326 g/mol. The molecule has 1 heterocycles. The number of methoxy groups -OCH3 is 1. The van der Waals surface area contributed by atoms with Crippen molar-refractivity contribution in [3.63, 3.8) is 0 Å². The number of nitrogens with one attached hydrogen (secondary N) is 1. The fraction of sp³-hybridized carbons (Fsp3) is 0.357. The number of amides is 1.